The number of halogens is 1. The van der Waals surface area contributed by atoms with Crippen molar-refractivity contribution >= 4 is 34.1 Å². The Hall–Kier alpha value is -3.18. The van der Waals surface area contributed by atoms with Gasteiger partial charge in [0.15, 0.2) is 11.6 Å². The third-order valence-electron chi connectivity index (χ3n) is 4.31. The topological polar surface area (TPSA) is 67.9 Å². The van der Waals surface area contributed by atoms with Crippen molar-refractivity contribution in [2.45, 2.75) is 0 Å². The van der Waals surface area contributed by atoms with E-state index in [2.05, 4.69) is 9.97 Å². The molecule has 0 saturated heterocycles. The van der Waals surface area contributed by atoms with Gasteiger partial charge in [-0.2, -0.15) is 0 Å². The summed E-state index contributed by atoms with van der Waals surface area (Å²) in [6.07, 6.45) is 1.73. The van der Waals surface area contributed by atoms with Crippen molar-refractivity contribution in [3.05, 3.63) is 65.8 Å². The Morgan fingerprint density at radius 2 is 1.63 bits per heavy atom. The van der Waals surface area contributed by atoms with Gasteiger partial charge < -0.3 is 10.6 Å². The standard InChI is InChI=1S/C21H18ClN5/c1-27(2)21-20(23)25-18(13-7-4-3-5-8-13)19(26-21)15-11-14-9-6-10-24-17(14)16(22)12-15/h3-12H,1-2H3,(H2,23,25). The van der Waals surface area contributed by atoms with Crippen molar-refractivity contribution in [2.24, 2.45) is 0 Å². The maximum Gasteiger partial charge on any atom is 0.171 e. The predicted molar refractivity (Wildman–Crippen MR) is 112 cm³/mol. The zero-order valence-electron chi connectivity index (χ0n) is 15.0. The Balaban J connectivity index is 2.02. The lowest BCUT2D eigenvalue weighted by molar-refractivity contribution is 1.05. The van der Waals surface area contributed by atoms with Crippen LogP contribution in [0, 0.1) is 0 Å². The van der Waals surface area contributed by atoms with Crippen LogP contribution in [0.4, 0.5) is 11.6 Å². The highest BCUT2D eigenvalue weighted by molar-refractivity contribution is 6.35. The van der Waals surface area contributed by atoms with E-state index in [-0.39, 0.29) is 0 Å². The number of hydrogen-bond acceptors (Lipinski definition) is 5. The molecule has 0 unspecified atom stereocenters. The fraction of sp³-hybridized carbons (Fsp3) is 0.0952. The van der Waals surface area contributed by atoms with E-state index in [4.69, 9.17) is 22.3 Å². The summed E-state index contributed by atoms with van der Waals surface area (Å²) < 4.78 is 0. The van der Waals surface area contributed by atoms with Gasteiger partial charge in [0.05, 0.1) is 21.9 Å². The number of hydrogen-bond donors (Lipinski definition) is 1. The molecule has 134 valence electrons. The highest BCUT2D eigenvalue weighted by Gasteiger charge is 2.17. The lowest BCUT2D eigenvalue weighted by Gasteiger charge is -2.18. The second-order valence-corrected chi connectivity index (χ2v) is 6.83. The number of fused-ring (bicyclic) bond motifs is 1. The number of nitrogen functional groups attached to an aromatic ring is 1. The van der Waals surface area contributed by atoms with Gasteiger partial charge in [-0.3, -0.25) is 4.98 Å². The van der Waals surface area contributed by atoms with Gasteiger partial charge in [0.25, 0.3) is 0 Å². The van der Waals surface area contributed by atoms with Crippen LogP contribution >= 0.6 is 11.6 Å². The minimum absolute atomic E-state index is 0.385. The Morgan fingerprint density at radius 1 is 0.889 bits per heavy atom. The van der Waals surface area contributed by atoms with Crippen molar-refractivity contribution in [1.82, 2.24) is 15.0 Å². The first-order valence-corrected chi connectivity index (χ1v) is 8.87. The van der Waals surface area contributed by atoms with Crippen LogP contribution in [0.2, 0.25) is 5.02 Å². The maximum absolute atomic E-state index is 6.50. The van der Waals surface area contributed by atoms with Crippen LogP contribution in [0.1, 0.15) is 0 Å². The summed E-state index contributed by atoms with van der Waals surface area (Å²) in [6, 6.07) is 17.7. The van der Waals surface area contributed by atoms with Crippen molar-refractivity contribution in [2.75, 3.05) is 24.7 Å². The number of nitrogens with two attached hydrogens (primary N) is 1. The van der Waals surface area contributed by atoms with Gasteiger partial charge in [-0.25, -0.2) is 9.97 Å². The molecule has 5 nitrogen and oxygen atoms in total. The zero-order chi connectivity index (χ0) is 19.0. The van der Waals surface area contributed by atoms with Crippen molar-refractivity contribution in [3.63, 3.8) is 0 Å². The Kier molecular flexibility index (Phi) is 4.38. The average Bonchev–Trinajstić information content (AvgIpc) is 2.68. The molecule has 4 rings (SSSR count). The summed E-state index contributed by atoms with van der Waals surface area (Å²) in [6.45, 7) is 0. The van der Waals surface area contributed by atoms with Crippen LogP contribution in [-0.2, 0) is 0 Å². The molecule has 0 aliphatic heterocycles. The molecule has 0 atom stereocenters. The lowest BCUT2D eigenvalue weighted by Crippen LogP contribution is -2.15. The average molecular weight is 376 g/mol. The third-order valence-corrected chi connectivity index (χ3v) is 4.59. The molecule has 6 heteroatoms. The highest BCUT2D eigenvalue weighted by atomic mass is 35.5. The largest absolute Gasteiger partial charge is 0.381 e. The van der Waals surface area contributed by atoms with Gasteiger partial charge in [0, 0.05) is 36.8 Å². The molecule has 2 N–H and O–H groups in total. The fourth-order valence-corrected chi connectivity index (χ4v) is 3.33. The minimum atomic E-state index is 0.385. The minimum Gasteiger partial charge on any atom is -0.381 e. The van der Waals surface area contributed by atoms with E-state index in [1.165, 1.54) is 0 Å². The number of pyridine rings is 1. The molecule has 0 saturated carbocycles. The molecule has 0 aliphatic rings. The quantitative estimate of drug-likeness (QED) is 0.564. The Morgan fingerprint density at radius 3 is 2.37 bits per heavy atom. The smallest absolute Gasteiger partial charge is 0.171 e. The second kappa shape index (κ2) is 6.85. The van der Waals surface area contributed by atoms with E-state index < -0.39 is 0 Å². The summed E-state index contributed by atoms with van der Waals surface area (Å²) in [7, 11) is 3.78. The number of rotatable bonds is 3. The second-order valence-electron chi connectivity index (χ2n) is 6.42. The molecule has 4 aromatic rings. The van der Waals surface area contributed by atoms with E-state index in [1.807, 2.05) is 73.6 Å². The number of aromatic nitrogens is 3. The van der Waals surface area contributed by atoms with Gasteiger partial charge in [0.2, 0.25) is 0 Å². The molecule has 2 aromatic carbocycles. The molecule has 27 heavy (non-hydrogen) atoms. The first kappa shape index (κ1) is 17.2. The molecular weight excluding hydrogens is 358 g/mol. The molecule has 0 aliphatic carbocycles. The lowest BCUT2D eigenvalue weighted by atomic mass is 10.0. The summed E-state index contributed by atoms with van der Waals surface area (Å²) in [5.74, 6) is 1.00. The van der Waals surface area contributed by atoms with Gasteiger partial charge >= 0.3 is 0 Å². The van der Waals surface area contributed by atoms with Crippen LogP contribution in [0.25, 0.3) is 33.4 Å². The Labute approximate surface area is 162 Å². The molecule has 0 fully saturated rings. The van der Waals surface area contributed by atoms with Crippen LogP contribution in [0.15, 0.2) is 60.8 Å². The van der Waals surface area contributed by atoms with Gasteiger partial charge in [-0.05, 0) is 18.2 Å². The van der Waals surface area contributed by atoms with E-state index in [1.54, 1.807) is 6.20 Å². The van der Waals surface area contributed by atoms with E-state index in [9.17, 15) is 0 Å². The number of benzene rings is 2. The SMILES string of the molecule is CN(C)c1nc(-c2cc(Cl)c3ncccc3c2)c(-c2ccccc2)nc1N. The first-order chi connectivity index (χ1) is 13.0. The first-order valence-electron chi connectivity index (χ1n) is 8.49. The molecule has 0 radical (unpaired) electrons. The van der Waals surface area contributed by atoms with Crippen LogP contribution < -0.4 is 10.6 Å². The summed E-state index contributed by atoms with van der Waals surface area (Å²) in [4.78, 5) is 15.7. The molecule has 0 bridgehead atoms. The molecule has 2 heterocycles. The normalized spacial score (nSPS) is 10.9. The van der Waals surface area contributed by atoms with Gasteiger partial charge in [-0.15, -0.1) is 0 Å². The van der Waals surface area contributed by atoms with Crippen LogP contribution in [0.3, 0.4) is 0 Å². The molecular formula is C21H18ClN5. The maximum atomic E-state index is 6.50. The Bertz CT molecular complexity index is 1130. The number of nitrogens with zero attached hydrogens (tertiary/aromatic N) is 4. The fourth-order valence-electron chi connectivity index (χ4n) is 3.05. The molecule has 2 aromatic heterocycles. The monoisotopic (exact) mass is 375 g/mol. The highest BCUT2D eigenvalue weighted by Crippen LogP contribution is 2.36. The summed E-state index contributed by atoms with van der Waals surface area (Å²) in [5, 5.41) is 1.52. The summed E-state index contributed by atoms with van der Waals surface area (Å²) >= 11 is 6.50. The van der Waals surface area contributed by atoms with E-state index in [0.717, 1.165) is 33.4 Å². The number of anilines is 2. The molecule has 0 spiro atoms. The summed E-state index contributed by atoms with van der Waals surface area (Å²) in [5.41, 5.74) is 10.2. The predicted octanol–water partition coefficient (Wildman–Crippen LogP) is 4.66. The van der Waals surface area contributed by atoms with Gasteiger partial charge in [0.1, 0.15) is 0 Å². The molecule has 0 amide bonds. The van der Waals surface area contributed by atoms with E-state index >= 15 is 0 Å². The third kappa shape index (κ3) is 3.17. The van der Waals surface area contributed by atoms with Crippen LogP contribution in [-0.4, -0.2) is 29.0 Å². The van der Waals surface area contributed by atoms with Crippen molar-refractivity contribution in [3.8, 4) is 22.5 Å². The zero-order valence-corrected chi connectivity index (χ0v) is 15.8. The van der Waals surface area contributed by atoms with Crippen molar-refractivity contribution < 1.29 is 0 Å². The van der Waals surface area contributed by atoms with E-state index in [0.29, 0.717) is 16.7 Å². The van der Waals surface area contributed by atoms with Crippen molar-refractivity contribution in [1.29, 1.82) is 0 Å². The van der Waals surface area contributed by atoms with Gasteiger partial charge in [-0.1, -0.05) is 48.0 Å². The van der Waals surface area contributed by atoms with Crippen LogP contribution in [0.5, 0.6) is 0 Å².